The number of nitrogens with zero attached hydrogens (tertiary/aromatic N) is 2. The molecule has 0 saturated carbocycles. The maximum atomic E-state index is 13.5. The molecule has 5 nitrogen and oxygen atoms in total. The van der Waals surface area contributed by atoms with Crippen LogP contribution in [0.1, 0.15) is 50.3 Å². The topological polar surface area (TPSA) is 57.1 Å². The minimum absolute atomic E-state index is 0.108. The Morgan fingerprint density at radius 2 is 1.87 bits per heavy atom. The number of phenolic OH excluding ortho intramolecular Hbond substituents is 1. The normalized spacial score (nSPS) is 21.6. The summed E-state index contributed by atoms with van der Waals surface area (Å²) in [7, 11) is 1.56. The van der Waals surface area contributed by atoms with Gasteiger partial charge in [0.1, 0.15) is 11.5 Å². The summed E-state index contributed by atoms with van der Waals surface area (Å²) in [5, 5.41) is 14.5. The highest BCUT2D eigenvalue weighted by Crippen LogP contribution is 2.40. The molecule has 1 unspecified atom stereocenters. The number of hydrogen-bond donors (Lipinski definition) is 2. The molecule has 2 aromatic rings. The van der Waals surface area contributed by atoms with E-state index in [2.05, 4.69) is 24.1 Å². The highest BCUT2D eigenvalue weighted by atomic mass is 19.1. The maximum absolute atomic E-state index is 13.5. The minimum atomic E-state index is -0.395. The fraction of sp³-hybridized carbons (Fsp3) is 0.458. The number of aromatic hydroxyl groups is 1. The number of aliphatic imine (C=N–C) groups is 1. The first-order valence-electron chi connectivity index (χ1n) is 10.6. The lowest BCUT2D eigenvalue weighted by atomic mass is 9.87. The lowest BCUT2D eigenvalue weighted by Gasteiger charge is -2.46. The van der Waals surface area contributed by atoms with Crippen LogP contribution in [0.4, 0.5) is 4.39 Å². The van der Waals surface area contributed by atoms with Crippen molar-refractivity contribution in [3.8, 4) is 11.5 Å². The van der Waals surface area contributed by atoms with Crippen molar-refractivity contribution in [2.75, 3.05) is 20.2 Å². The van der Waals surface area contributed by atoms with Gasteiger partial charge in [0, 0.05) is 42.9 Å². The van der Waals surface area contributed by atoms with Gasteiger partial charge in [-0.25, -0.2) is 4.39 Å². The smallest absolute Gasteiger partial charge is 0.162 e. The fourth-order valence-electron chi connectivity index (χ4n) is 4.57. The average Bonchev–Trinajstić information content (AvgIpc) is 2.74. The lowest BCUT2D eigenvalue weighted by molar-refractivity contribution is 0.103. The van der Waals surface area contributed by atoms with Crippen molar-refractivity contribution in [1.82, 2.24) is 10.2 Å². The summed E-state index contributed by atoms with van der Waals surface area (Å²) in [6.07, 6.45) is 2.39. The lowest BCUT2D eigenvalue weighted by Crippen LogP contribution is -2.56. The van der Waals surface area contributed by atoms with E-state index < -0.39 is 5.66 Å². The molecule has 1 atom stereocenters. The third kappa shape index (κ3) is 4.07. The number of nitrogens with one attached hydrogen (secondary N) is 1. The van der Waals surface area contributed by atoms with Gasteiger partial charge in [0.15, 0.2) is 11.5 Å². The van der Waals surface area contributed by atoms with Crippen molar-refractivity contribution in [3.63, 3.8) is 0 Å². The Balaban J connectivity index is 1.71. The molecule has 4 rings (SSSR count). The molecule has 0 aromatic heterocycles. The molecule has 160 valence electrons. The van der Waals surface area contributed by atoms with Crippen molar-refractivity contribution in [2.24, 2.45) is 4.99 Å². The fourth-order valence-corrected chi connectivity index (χ4v) is 4.57. The van der Waals surface area contributed by atoms with E-state index in [1.54, 1.807) is 25.3 Å². The predicted octanol–water partition coefficient (Wildman–Crippen LogP) is 4.26. The Labute approximate surface area is 177 Å². The molecule has 2 heterocycles. The monoisotopic (exact) mass is 411 g/mol. The van der Waals surface area contributed by atoms with Crippen molar-refractivity contribution >= 4 is 5.71 Å². The van der Waals surface area contributed by atoms with Crippen LogP contribution in [-0.2, 0) is 0 Å². The minimum Gasteiger partial charge on any atom is -0.504 e. The van der Waals surface area contributed by atoms with Gasteiger partial charge >= 0.3 is 0 Å². The Kier molecular flexibility index (Phi) is 5.80. The average molecular weight is 412 g/mol. The second-order valence-electron chi connectivity index (χ2n) is 8.53. The number of halogens is 1. The van der Waals surface area contributed by atoms with Crippen LogP contribution in [0, 0.1) is 5.82 Å². The van der Waals surface area contributed by atoms with E-state index in [1.807, 2.05) is 12.1 Å². The van der Waals surface area contributed by atoms with Crippen LogP contribution in [-0.4, -0.2) is 47.6 Å². The van der Waals surface area contributed by atoms with Gasteiger partial charge in [-0.05, 0) is 50.5 Å². The van der Waals surface area contributed by atoms with E-state index >= 15 is 0 Å². The van der Waals surface area contributed by atoms with E-state index in [4.69, 9.17) is 9.73 Å². The molecule has 1 fully saturated rings. The largest absolute Gasteiger partial charge is 0.504 e. The number of likely N-dealkylation sites (tertiary alicyclic amines) is 1. The van der Waals surface area contributed by atoms with E-state index in [0.717, 1.165) is 42.8 Å². The quantitative estimate of drug-likeness (QED) is 0.789. The zero-order valence-electron chi connectivity index (χ0n) is 17.9. The summed E-state index contributed by atoms with van der Waals surface area (Å²) in [6.45, 7) is 6.36. The predicted molar refractivity (Wildman–Crippen MR) is 117 cm³/mol. The Hall–Kier alpha value is -2.44. The summed E-state index contributed by atoms with van der Waals surface area (Å²) in [5.74, 6) is 0.367. The number of rotatable bonds is 4. The number of benzene rings is 2. The van der Waals surface area contributed by atoms with Crippen LogP contribution in [0.15, 0.2) is 47.5 Å². The molecule has 0 amide bonds. The number of ether oxygens (including phenoxy) is 1. The Morgan fingerprint density at radius 1 is 1.17 bits per heavy atom. The zero-order valence-corrected chi connectivity index (χ0v) is 17.9. The van der Waals surface area contributed by atoms with Crippen LogP contribution in [0.2, 0.25) is 0 Å². The van der Waals surface area contributed by atoms with Gasteiger partial charge in [-0.2, -0.15) is 0 Å². The number of phenols is 1. The van der Waals surface area contributed by atoms with Crippen LogP contribution < -0.4 is 10.1 Å². The molecule has 0 aliphatic carbocycles. The summed E-state index contributed by atoms with van der Waals surface area (Å²) < 4.78 is 18.8. The summed E-state index contributed by atoms with van der Waals surface area (Å²) in [5.41, 5.74) is 2.28. The van der Waals surface area contributed by atoms with E-state index in [-0.39, 0.29) is 17.6 Å². The third-order valence-corrected chi connectivity index (χ3v) is 6.35. The summed E-state index contributed by atoms with van der Waals surface area (Å²) in [6, 6.07) is 12.5. The molecule has 6 heteroatoms. The molecular weight excluding hydrogens is 381 g/mol. The number of methoxy groups -OCH3 is 1. The van der Waals surface area contributed by atoms with Crippen LogP contribution in [0.5, 0.6) is 11.5 Å². The van der Waals surface area contributed by atoms with Crippen LogP contribution in [0.3, 0.4) is 0 Å². The molecule has 2 N–H and O–H groups in total. The van der Waals surface area contributed by atoms with E-state index in [0.29, 0.717) is 18.2 Å². The molecule has 2 aliphatic heterocycles. The van der Waals surface area contributed by atoms with Crippen LogP contribution >= 0.6 is 0 Å². The standard InChI is InChI=1S/C24H30FN3O2/c1-16(2)28-13-11-24(12-14-28)26-20(17-7-9-18(25)10-8-17)15-21(27-24)19-5-4-6-22(30-3)23(19)29/h4-10,16,21,27,29H,11-15H2,1-3H3. The van der Waals surface area contributed by atoms with Gasteiger partial charge in [0.25, 0.3) is 0 Å². The van der Waals surface area contributed by atoms with Gasteiger partial charge < -0.3 is 14.7 Å². The number of piperidine rings is 1. The Bertz CT molecular complexity index is 919. The third-order valence-electron chi connectivity index (χ3n) is 6.35. The van der Waals surface area contributed by atoms with Gasteiger partial charge in [0.2, 0.25) is 0 Å². The van der Waals surface area contributed by atoms with Crippen molar-refractivity contribution in [3.05, 3.63) is 59.4 Å². The molecule has 2 aromatic carbocycles. The summed E-state index contributed by atoms with van der Waals surface area (Å²) in [4.78, 5) is 7.62. The van der Waals surface area contributed by atoms with Crippen molar-refractivity contribution in [2.45, 2.75) is 50.9 Å². The van der Waals surface area contributed by atoms with E-state index in [1.165, 1.54) is 12.1 Å². The molecule has 30 heavy (non-hydrogen) atoms. The second-order valence-corrected chi connectivity index (χ2v) is 8.53. The Morgan fingerprint density at radius 3 is 2.50 bits per heavy atom. The highest BCUT2D eigenvalue weighted by Gasteiger charge is 2.41. The second kappa shape index (κ2) is 8.36. The molecule has 0 bridgehead atoms. The van der Waals surface area contributed by atoms with Crippen LogP contribution in [0.25, 0.3) is 0 Å². The van der Waals surface area contributed by atoms with Gasteiger partial charge in [0.05, 0.1) is 7.11 Å². The molecule has 2 aliphatic rings. The first-order chi connectivity index (χ1) is 14.4. The number of hydrogen-bond acceptors (Lipinski definition) is 5. The van der Waals surface area contributed by atoms with E-state index in [9.17, 15) is 9.50 Å². The van der Waals surface area contributed by atoms with Gasteiger partial charge in [-0.1, -0.05) is 24.3 Å². The summed E-state index contributed by atoms with van der Waals surface area (Å²) >= 11 is 0. The van der Waals surface area contributed by atoms with Crippen molar-refractivity contribution in [1.29, 1.82) is 0 Å². The molecule has 1 spiro atoms. The number of para-hydroxylation sites is 1. The molecular formula is C24H30FN3O2. The highest BCUT2D eigenvalue weighted by molar-refractivity contribution is 6.01. The molecule has 1 saturated heterocycles. The van der Waals surface area contributed by atoms with Gasteiger partial charge in [-0.15, -0.1) is 0 Å². The molecule has 0 radical (unpaired) electrons. The van der Waals surface area contributed by atoms with Gasteiger partial charge in [-0.3, -0.25) is 10.3 Å². The first-order valence-corrected chi connectivity index (χ1v) is 10.6. The maximum Gasteiger partial charge on any atom is 0.162 e. The zero-order chi connectivity index (χ0) is 21.3. The SMILES string of the molecule is COc1cccc(C2CC(c3ccc(F)cc3)=NC3(CCN(C(C)C)CC3)N2)c1O. The first kappa shape index (κ1) is 20.8. The van der Waals surface area contributed by atoms with Crippen molar-refractivity contribution < 1.29 is 14.2 Å².